The lowest BCUT2D eigenvalue weighted by molar-refractivity contribution is 0.102. The maximum absolute atomic E-state index is 12.2. The van der Waals surface area contributed by atoms with E-state index in [4.69, 9.17) is 10.5 Å². The highest BCUT2D eigenvalue weighted by Crippen LogP contribution is 2.24. The number of ether oxygens (including phenoxy) is 1. The van der Waals surface area contributed by atoms with Crippen molar-refractivity contribution in [3.05, 3.63) is 52.5 Å². The van der Waals surface area contributed by atoms with Crippen molar-refractivity contribution < 1.29 is 9.53 Å². The van der Waals surface area contributed by atoms with E-state index in [1.54, 1.807) is 42.5 Å². The van der Waals surface area contributed by atoms with E-state index >= 15 is 0 Å². The van der Waals surface area contributed by atoms with Crippen molar-refractivity contribution in [2.24, 2.45) is 0 Å². The van der Waals surface area contributed by atoms with Gasteiger partial charge in [0.15, 0.2) is 0 Å². The summed E-state index contributed by atoms with van der Waals surface area (Å²) >= 11 is 3.33. The molecule has 0 spiro atoms. The SMILES string of the molecule is COc1cc(Br)ccc1C(=O)Nc1cccc(N)c1. The number of nitrogen functional groups attached to an aromatic ring is 1. The second-order valence-corrected chi connectivity index (χ2v) is 4.84. The number of methoxy groups -OCH3 is 1. The number of anilines is 2. The molecule has 0 heterocycles. The van der Waals surface area contributed by atoms with E-state index in [9.17, 15) is 4.79 Å². The highest BCUT2D eigenvalue weighted by Gasteiger charge is 2.12. The number of nitrogens with two attached hydrogens (primary N) is 1. The van der Waals surface area contributed by atoms with E-state index in [0.29, 0.717) is 22.7 Å². The summed E-state index contributed by atoms with van der Waals surface area (Å²) < 4.78 is 6.04. The number of hydrogen-bond donors (Lipinski definition) is 2. The maximum Gasteiger partial charge on any atom is 0.259 e. The minimum absolute atomic E-state index is 0.241. The summed E-state index contributed by atoms with van der Waals surface area (Å²) in [5, 5.41) is 2.78. The normalized spacial score (nSPS) is 10.0. The molecule has 0 bridgehead atoms. The Morgan fingerprint density at radius 3 is 2.74 bits per heavy atom. The summed E-state index contributed by atoms with van der Waals surface area (Å²) in [4.78, 5) is 12.2. The van der Waals surface area contributed by atoms with Crippen LogP contribution in [0.3, 0.4) is 0 Å². The second kappa shape index (κ2) is 5.75. The van der Waals surface area contributed by atoms with Gasteiger partial charge in [-0.25, -0.2) is 0 Å². The first-order chi connectivity index (χ1) is 9.10. The molecule has 1 amide bonds. The fraction of sp³-hybridized carbons (Fsp3) is 0.0714. The Kier molecular flexibility index (Phi) is 4.06. The minimum atomic E-state index is -0.241. The molecule has 2 aromatic carbocycles. The van der Waals surface area contributed by atoms with Gasteiger partial charge in [0, 0.05) is 15.8 Å². The maximum atomic E-state index is 12.2. The van der Waals surface area contributed by atoms with Crippen LogP contribution in [-0.4, -0.2) is 13.0 Å². The van der Waals surface area contributed by atoms with Crippen LogP contribution in [0.15, 0.2) is 46.9 Å². The molecular weight excluding hydrogens is 308 g/mol. The third-order valence-electron chi connectivity index (χ3n) is 2.55. The van der Waals surface area contributed by atoms with Crippen LogP contribution in [0.25, 0.3) is 0 Å². The topological polar surface area (TPSA) is 64.3 Å². The predicted molar refractivity (Wildman–Crippen MR) is 79.5 cm³/mol. The average Bonchev–Trinajstić information content (AvgIpc) is 2.38. The molecule has 98 valence electrons. The number of rotatable bonds is 3. The van der Waals surface area contributed by atoms with E-state index < -0.39 is 0 Å². The first-order valence-corrected chi connectivity index (χ1v) is 6.40. The van der Waals surface area contributed by atoms with Crippen LogP contribution in [-0.2, 0) is 0 Å². The van der Waals surface area contributed by atoms with Crippen LogP contribution in [0.2, 0.25) is 0 Å². The third-order valence-corrected chi connectivity index (χ3v) is 3.05. The number of carbonyl (C=O) groups is 1. The van der Waals surface area contributed by atoms with Gasteiger partial charge in [0.1, 0.15) is 5.75 Å². The number of amides is 1. The lowest BCUT2D eigenvalue weighted by atomic mass is 10.2. The Balaban J connectivity index is 2.25. The number of nitrogens with one attached hydrogen (secondary N) is 1. The summed E-state index contributed by atoms with van der Waals surface area (Å²) in [6.45, 7) is 0. The van der Waals surface area contributed by atoms with Gasteiger partial charge in [0.05, 0.1) is 12.7 Å². The smallest absolute Gasteiger partial charge is 0.259 e. The Labute approximate surface area is 119 Å². The number of hydrogen-bond acceptors (Lipinski definition) is 3. The standard InChI is InChI=1S/C14H13BrN2O2/c1-19-13-7-9(15)5-6-12(13)14(18)17-11-4-2-3-10(16)8-11/h2-8H,16H2,1H3,(H,17,18). The molecule has 3 N–H and O–H groups in total. The van der Waals surface area contributed by atoms with Crippen molar-refractivity contribution in [1.29, 1.82) is 0 Å². The molecule has 0 unspecified atom stereocenters. The molecular formula is C14H13BrN2O2. The Morgan fingerprint density at radius 2 is 2.05 bits per heavy atom. The lowest BCUT2D eigenvalue weighted by Gasteiger charge is -2.10. The molecule has 0 saturated carbocycles. The Bertz CT molecular complexity index is 614. The summed E-state index contributed by atoms with van der Waals surface area (Å²) in [7, 11) is 1.53. The van der Waals surface area contributed by atoms with Crippen LogP contribution in [0.1, 0.15) is 10.4 Å². The molecule has 0 aliphatic carbocycles. The molecule has 0 atom stereocenters. The number of halogens is 1. The Hall–Kier alpha value is -2.01. The van der Waals surface area contributed by atoms with E-state index in [1.807, 2.05) is 0 Å². The highest BCUT2D eigenvalue weighted by molar-refractivity contribution is 9.10. The zero-order valence-electron chi connectivity index (χ0n) is 10.3. The van der Waals surface area contributed by atoms with Crippen molar-refractivity contribution in [3.63, 3.8) is 0 Å². The molecule has 0 aliphatic heterocycles. The number of carbonyl (C=O) groups excluding carboxylic acids is 1. The highest BCUT2D eigenvalue weighted by atomic mass is 79.9. The third kappa shape index (κ3) is 3.26. The predicted octanol–water partition coefficient (Wildman–Crippen LogP) is 3.29. The second-order valence-electron chi connectivity index (χ2n) is 3.92. The van der Waals surface area contributed by atoms with Crippen molar-refractivity contribution in [2.45, 2.75) is 0 Å². The van der Waals surface area contributed by atoms with Crippen molar-refractivity contribution in [3.8, 4) is 5.75 Å². The van der Waals surface area contributed by atoms with E-state index in [1.165, 1.54) is 7.11 Å². The van der Waals surface area contributed by atoms with Gasteiger partial charge in [-0.2, -0.15) is 0 Å². The minimum Gasteiger partial charge on any atom is -0.496 e. The summed E-state index contributed by atoms with van der Waals surface area (Å²) in [5.41, 5.74) is 7.38. The van der Waals surface area contributed by atoms with Crippen LogP contribution in [0.5, 0.6) is 5.75 Å². The lowest BCUT2D eigenvalue weighted by Crippen LogP contribution is -2.13. The largest absolute Gasteiger partial charge is 0.496 e. The molecule has 0 saturated heterocycles. The number of benzene rings is 2. The van der Waals surface area contributed by atoms with Crippen LogP contribution < -0.4 is 15.8 Å². The summed E-state index contributed by atoms with van der Waals surface area (Å²) in [6, 6.07) is 12.2. The Morgan fingerprint density at radius 1 is 1.26 bits per heavy atom. The first kappa shape index (κ1) is 13.4. The zero-order chi connectivity index (χ0) is 13.8. The molecule has 19 heavy (non-hydrogen) atoms. The quantitative estimate of drug-likeness (QED) is 0.853. The molecule has 5 heteroatoms. The van der Waals surface area contributed by atoms with Gasteiger partial charge in [-0.3, -0.25) is 4.79 Å². The molecule has 4 nitrogen and oxygen atoms in total. The summed E-state index contributed by atoms with van der Waals surface area (Å²) in [6.07, 6.45) is 0. The molecule has 2 aromatic rings. The van der Waals surface area contributed by atoms with Gasteiger partial charge >= 0.3 is 0 Å². The van der Waals surface area contributed by atoms with Gasteiger partial charge in [-0.1, -0.05) is 22.0 Å². The first-order valence-electron chi connectivity index (χ1n) is 5.60. The fourth-order valence-corrected chi connectivity index (χ4v) is 2.01. The van der Waals surface area contributed by atoms with Crippen molar-refractivity contribution >= 4 is 33.2 Å². The van der Waals surface area contributed by atoms with Gasteiger partial charge in [0.25, 0.3) is 5.91 Å². The fourth-order valence-electron chi connectivity index (χ4n) is 1.67. The van der Waals surface area contributed by atoms with Crippen LogP contribution >= 0.6 is 15.9 Å². The zero-order valence-corrected chi connectivity index (χ0v) is 11.9. The average molecular weight is 321 g/mol. The van der Waals surface area contributed by atoms with E-state index in [-0.39, 0.29) is 5.91 Å². The van der Waals surface area contributed by atoms with Crippen LogP contribution in [0.4, 0.5) is 11.4 Å². The molecule has 0 radical (unpaired) electrons. The molecule has 0 aliphatic rings. The molecule has 0 fully saturated rings. The van der Waals surface area contributed by atoms with E-state index in [2.05, 4.69) is 21.2 Å². The monoisotopic (exact) mass is 320 g/mol. The van der Waals surface area contributed by atoms with Crippen molar-refractivity contribution in [1.82, 2.24) is 0 Å². The van der Waals surface area contributed by atoms with Crippen molar-refractivity contribution in [2.75, 3.05) is 18.2 Å². The van der Waals surface area contributed by atoms with Crippen LogP contribution in [0, 0.1) is 0 Å². The molecule has 2 rings (SSSR count). The van der Waals surface area contributed by atoms with Gasteiger partial charge in [-0.05, 0) is 36.4 Å². The van der Waals surface area contributed by atoms with Gasteiger partial charge < -0.3 is 15.8 Å². The summed E-state index contributed by atoms with van der Waals surface area (Å²) in [5.74, 6) is 0.269. The van der Waals surface area contributed by atoms with E-state index in [0.717, 1.165) is 4.47 Å². The van der Waals surface area contributed by atoms with Gasteiger partial charge in [-0.15, -0.1) is 0 Å². The molecule has 0 aromatic heterocycles. The van der Waals surface area contributed by atoms with Gasteiger partial charge in [0.2, 0.25) is 0 Å².